The molecular weight excluding hydrogens is 360 g/mol. The van der Waals surface area contributed by atoms with Crippen molar-refractivity contribution in [1.29, 1.82) is 0 Å². The van der Waals surface area contributed by atoms with E-state index in [-0.39, 0.29) is 41.9 Å². The molecule has 0 radical (unpaired) electrons. The molecule has 0 bridgehead atoms. The molecule has 0 aliphatic carbocycles. The maximum Gasteiger partial charge on any atom is 0.276 e. The lowest BCUT2D eigenvalue weighted by atomic mass is 10.0. The molecule has 4 rings (SSSR count). The van der Waals surface area contributed by atoms with Gasteiger partial charge in [-0.2, -0.15) is 0 Å². The molecule has 2 atom stereocenters. The number of hydrogen-bond donors (Lipinski definition) is 0. The van der Waals surface area contributed by atoms with E-state index in [9.17, 15) is 18.0 Å². The van der Waals surface area contributed by atoms with E-state index in [1.165, 1.54) is 28.3 Å². The van der Waals surface area contributed by atoms with Crippen LogP contribution in [0.2, 0.25) is 0 Å². The van der Waals surface area contributed by atoms with E-state index in [1.807, 2.05) is 0 Å². The Morgan fingerprint density at radius 1 is 1.00 bits per heavy atom. The molecule has 9 nitrogen and oxygen atoms in total. The van der Waals surface area contributed by atoms with Crippen LogP contribution in [0.4, 0.5) is 0 Å². The van der Waals surface area contributed by atoms with Crippen LogP contribution in [0.3, 0.4) is 0 Å². The summed E-state index contributed by atoms with van der Waals surface area (Å²) in [6.45, 7) is 0.455. The molecule has 10 heteroatoms. The third-order valence-corrected chi connectivity index (χ3v) is 6.44. The normalized spacial score (nSPS) is 24.3. The molecule has 4 heterocycles. The Morgan fingerprint density at radius 2 is 1.65 bits per heavy atom. The second kappa shape index (κ2) is 6.20. The fraction of sp³-hybridized carbons (Fsp3) is 0.375. The van der Waals surface area contributed by atoms with E-state index in [4.69, 9.17) is 4.52 Å². The van der Waals surface area contributed by atoms with Crippen molar-refractivity contribution in [2.45, 2.75) is 12.1 Å². The minimum absolute atomic E-state index is 0.123. The first-order valence-electron chi connectivity index (χ1n) is 8.10. The Bertz CT molecular complexity index is 929. The van der Waals surface area contributed by atoms with Crippen molar-refractivity contribution < 1.29 is 22.5 Å². The van der Waals surface area contributed by atoms with Gasteiger partial charge in [0, 0.05) is 25.4 Å². The van der Waals surface area contributed by atoms with Crippen LogP contribution in [0, 0.1) is 0 Å². The van der Waals surface area contributed by atoms with Crippen LogP contribution in [0.5, 0.6) is 0 Å². The van der Waals surface area contributed by atoms with Gasteiger partial charge in [0.25, 0.3) is 11.8 Å². The molecule has 2 amide bonds. The number of carbonyl (C=O) groups is 2. The number of hydrogen-bond acceptors (Lipinski definition) is 7. The smallest absolute Gasteiger partial charge is 0.276 e. The van der Waals surface area contributed by atoms with Gasteiger partial charge in [0.2, 0.25) is 0 Å². The van der Waals surface area contributed by atoms with E-state index in [0.717, 1.165) is 0 Å². The molecule has 0 saturated carbocycles. The number of sulfone groups is 1. The fourth-order valence-corrected chi connectivity index (χ4v) is 5.54. The minimum Gasteiger partial charge on any atom is -0.364 e. The Labute approximate surface area is 149 Å². The molecular formula is C16H16N4O5S. The second-order valence-corrected chi connectivity index (χ2v) is 8.46. The molecule has 0 aromatic carbocycles. The van der Waals surface area contributed by atoms with Crippen molar-refractivity contribution in [3.8, 4) is 0 Å². The summed E-state index contributed by atoms with van der Waals surface area (Å²) in [5.74, 6) is -1.06. The van der Waals surface area contributed by atoms with Crippen molar-refractivity contribution in [3.63, 3.8) is 0 Å². The number of pyridine rings is 1. The zero-order valence-corrected chi connectivity index (χ0v) is 14.5. The van der Waals surface area contributed by atoms with Crippen LogP contribution in [-0.2, 0) is 9.84 Å². The van der Waals surface area contributed by atoms with E-state index < -0.39 is 27.8 Å². The average Bonchev–Trinajstić information content (AvgIpc) is 3.27. The third kappa shape index (κ3) is 2.85. The van der Waals surface area contributed by atoms with Gasteiger partial charge < -0.3 is 14.3 Å². The molecule has 0 spiro atoms. The highest BCUT2D eigenvalue weighted by atomic mass is 32.2. The summed E-state index contributed by atoms with van der Waals surface area (Å²) in [4.78, 5) is 32.5. The highest BCUT2D eigenvalue weighted by Gasteiger charge is 2.50. The summed E-state index contributed by atoms with van der Waals surface area (Å²) >= 11 is 0. The van der Waals surface area contributed by atoms with Gasteiger partial charge in [0.15, 0.2) is 15.5 Å². The van der Waals surface area contributed by atoms with Crippen LogP contribution in [-0.4, -0.2) is 76.9 Å². The Morgan fingerprint density at radius 3 is 2.19 bits per heavy atom. The highest BCUT2D eigenvalue weighted by molar-refractivity contribution is 7.91. The number of amides is 2. The number of piperazine rings is 1. The van der Waals surface area contributed by atoms with Gasteiger partial charge in [-0.1, -0.05) is 11.2 Å². The van der Waals surface area contributed by atoms with E-state index >= 15 is 0 Å². The lowest BCUT2D eigenvalue weighted by Gasteiger charge is -2.43. The largest absolute Gasteiger partial charge is 0.364 e. The molecule has 136 valence electrons. The van der Waals surface area contributed by atoms with Crippen molar-refractivity contribution in [1.82, 2.24) is 19.9 Å². The Hall–Kier alpha value is -2.75. The van der Waals surface area contributed by atoms with Crippen LogP contribution in [0.15, 0.2) is 41.2 Å². The van der Waals surface area contributed by atoms with Crippen molar-refractivity contribution in [3.05, 3.63) is 48.1 Å². The Kier molecular flexibility index (Phi) is 3.98. The summed E-state index contributed by atoms with van der Waals surface area (Å²) < 4.78 is 29.2. The molecule has 0 N–H and O–H groups in total. The standard InChI is InChI=1S/C16H16N4O5S/c21-15(11-3-1-2-5-17-11)19-6-7-20(16(22)12-4-8-25-18-12)14-10-26(23,24)9-13(14)19/h1-5,8,13-14H,6-7,9-10H2/t13-,14+/m0/s1. The summed E-state index contributed by atoms with van der Waals surface area (Å²) in [7, 11) is -3.36. The number of rotatable bonds is 2. The first-order valence-corrected chi connectivity index (χ1v) is 9.92. The monoisotopic (exact) mass is 376 g/mol. The lowest BCUT2D eigenvalue weighted by Crippen LogP contribution is -2.62. The number of fused-ring (bicyclic) bond motifs is 1. The summed E-state index contributed by atoms with van der Waals surface area (Å²) in [5.41, 5.74) is 0.379. The molecule has 2 saturated heterocycles. The molecule has 2 aliphatic rings. The van der Waals surface area contributed by atoms with Gasteiger partial charge in [-0.3, -0.25) is 14.6 Å². The van der Waals surface area contributed by atoms with Gasteiger partial charge in [0.1, 0.15) is 12.0 Å². The van der Waals surface area contributed by atoms with Gasteiger partial charge >= 0.3 is 0 Å². The molecule has 2 fully saturated rings. The zero-order valence-electron chi connectivity index (χ0n) is 13.7. The highest BCUT2D eigenvalue weighted by Crippen LogP contribution is 2.29. The lowest BCUT2D eigenvalue weighted by molar-refractivity contribution is 0.0273. The quantitative estimate of drug-likeness (QED) is 0.715. The average molecular weight is 376 g/mol. The number of carbonyl (C=O) groups excluding carboxylic acids is 2. The maximum absolute atomic E-state index is 12.8. The van der Waals surface area contributed by atoms with Crippen molar-refractivity contribution in [2.75, 3.05) is 24.6 Å². The molecule has 26 heavy (non-hydrogen) atoms. The van der Waals surface area contributed by atoms with E-state index in [1.54, 1.807) is 18.2 Å². The zero-order chi connectivity index (χ0) is 18.3. The van der Waals surface area contributed by atoms with Crippen molar-refractivity contribution >= 4 is 21.7 Å². The van der Waals surface area contributed by atoms with E-state index in [2.05, 4.69) is 10.1 Å². The first kappa shape index (κ1) is 16.7. The van der Waals surface area contributed by atoms with Crippen LogP contribution >= 0.6 is 0 Å². The number of nitrogens with zero attached hydrogens (tertiary/aromatic N) is 4. The van der Waals surface area contributed by atoms with Gasteiger partial charge in [0.05, 0.1) is 23.6 Å². The molecule has 2 aromatic heterocycles. The third-order valence-electron chi connectivity index (χ3n) is 4.74. The number of aromatic nitrogens is 2. The predicted molar refractivity (Wildman–Crippen MR) is 89.0 cm³/mol. The van der Waals surface area contributed by atoms with Crippen LogP contribution in [0.1, 0.15) is 21.0 Å². The van der Waals surface area contributed by atoms with Gasteiger partial charge in [-0.15, -0.1) is 0 Å². The minimum atomic E-state index is -3.36. The first-order chi connectivity index (χ1) is 12.5. The van der Waals surface area contributed by atoms with Crippen LogP contribution < -0.4 is 0 Å². The van der Waals surface area contributed by atoms with E-state index in [0.29, 0.717) is 0 Å². The predicted octanol–water partition coefficient (Wildman–Crippen LogP) is -0.167. The fourth-order valence-electron chi connectivity index (χ4n) is 3.56. The summed E-state index contributed by atoms with van der Waals surface area (Å²) in [5, 5.41) is 3.64. The van der Waals surface area contributed by atoms with Gasteiger partial charge in [-0.05, 0) is 12.1 Å². The molecule has 0 unspecified atom stereocenters. The SMILES string of the molecule is O=C(c1ccon1)N1CCN(C(=O)c2ccccn2)[C@H]2CS(=O)(=O)C[C@H]21. The van der Waals surface area contributed by atoms with Crippen molar-refractivity contribution in [2.24, 2.45) is 0 Å². The van der Waals surface area contributed by atoms with Crippen LogP contribution in [0.25, 0.3) is 0 Å². The molecule has 2 aromatic rings. The second-order valence-electron chi connectivity index (χ2n) is 6.31. The summed E-state index contributed by atoms with van der Waals surface area (Å²) in [6.07, 6.45) is 2.80. The molecule has 2 aliphatic heterocycles. The summed E-state index contributed by atoms with van der Waals surface area (Å²) in [6, 6.07) is 5.23. The maximum atomic E-state index is 12.8. The van der Waals surface area contributed by atoms with Gasteiger partial charge in [-0.25, -0.2) is 8.42 Å². The topological polar surface area (TPSA) is 114 Å². The Balaban J connectivity index is 1.64.